The van der Waals surface area contributed by atoms with Crippen molar-refractivity contribution in [3.8, 4) is 11.5 Å². The highest BCUT2D eigenvalue weighted by Gasteiger charge is 2.23. The Morgan fingerprint density at radius 1 is 1.15 bits per heavy atom. The van der Waals surface area contributed by atoms with E-state index in [-0.39, 0.29) is 11.9 Å². The SMILES string of the molecule is COc1ccc(C(=O)N[C@H]2CCCC[C@H]2C)cc1OC. The van der Waals surface area contributed by atoms with Crippen LogP contribution in [0.25, 0.3) is 0 Å². The summed E-state index contributed by atoms with van der Waals surface area (Å²) in [5.41, 5.74) is 0.612. The average molecular weight is 277 g/mol. The van der Waals surface area contributed by atoms with Crippen LogP contribution in [-0.2, 0) is 0 Å². The Balaban J connectivity index is 2.08. The van der Waals surface area contributed by atoms with Crippen LogP contribution < -0.4 is 14.8 Å². The lowest BCUT2D eigenvalue weighted by atomic mass is 9.86. The third-order valence-electron chi connectivity index (χ3n) is 4.07. The van der Waals surface area contributed by atoms with Gasteiger partial charge >= 0.3 is 0 Å². The average Bonchev–Trinajstić information content (AvgIpc) is 2.48. The predicted octanol–water partition coefficient (Wildman–Crippen LogP) is 3.01. The van der Waals surface area contributed by atoms with E-state index < -0.39 is 0 Å². The van der Waals surface area contributed by atoms with E-state index in [2.05, 4.69) is 12.2 Å². The molecular formula is C16H23NO3. The standard InChI is InChI=1S/C16H23NO3/c1-11-6-4-5-7-13(11)17-16(18)12-8-9-14(19-2)15(10-12)20-3/h8-11,13H,4-7H2,1-3H3,(H,17,18)/t11-,13+/m1/s1. The summed E-state index contributed by atoms with van der Waals surface area (Å²) in [5.74, 6) is 1.73. The Bertz CT molecular complexity index is 473. The highest BCUT2D eigenvalue weighted by molar-refractivity contribution is 5.95. The molecule has 2 atom stereocenters. The minimum absolute atomic E-state index is 0.0373. The van der Waals surface area contributed by atoms with Gasteiger partial charge < -0.3 is 14.8 Å². The van der Waals surface area contributed by atoms with Crippen LogP contribution in [0.1, 0.15) is 43.0 Å². The summed E-state index contributed by atoms with van der Waals surface area (Å²) in [6, 6.07) is 5.54. The van der Waals surface area contributed by atoms with E-state index in [4.69, 9.17) is 9.47 Å². The molecule has 1 amide bonds. The fraction of sp³-hybridized carbons (Fsp3) is 0.562. The first-order valence-electron chi connectivity index (χ1n) is 7.18. The molecule has 1 N–H and O–H groups in total. The molecule has 0 saturated heterocycles. The Morgan fingerprint density at radius 3 is 2.50 bits per heavy atom. The highest BCUT2D eigenvalue weighted by Crippen LogP contribution is 2.28. The van der Waals surface area contributed by atoms with Crippen LogP contribution in [0, 0.1) is 5.92 Å². The van der Waals surface area contributed by atoms with E-state index in [1.807, 2.05) is 0 Å². The van der Waals surface area contributed by atoms with Crippen molar-refractivity contribution in [1.29, 1.82) is 0 Å². The Labute approximate surface area is 120 Å². The lowest BCUT2D eigenvalue weighted by Gasteiger charge is -2.29. The smallest absolute Gasteiger partial charge is 0.251 e. The van der Waals surface area contributed by atoms with E-state index in [1.165, 1.54) is 19.3 Å². The van der Waals surface area contributed by atoms with E-state index in [0.717, 1.165) is 6.42 Å². The monoisotopic (exact) mass is 277 g/mol. The first-order valence-corrected chi connectivity index (χ1v) is 7.18. The number of nitrogens with one attached hydrogen (secondary N) is 1. The van der Waals surface area contributed by atoms with Crippen molar-refractivity contribution >= 4 is 5.91 Å². The Kier molecular flexibility index (Phi) is 4.88. The molecule has 4 heteroatoms. The molecule has 0 spiro atoms. The van der Waals surface area contributed by atoms with Crippen molar-refractivity contribution in [2.45, 2.75) is 38.6 Å². The van der Waals surface area contributed by atoms with Crippen LogP contribution in [0.5, 0.6) is 11.5 Å². The fourth-order valence-corrected chi connectivity index (χ4v) is 2.76. The molecular weight excluding hydrogens is 254 g/mol. The molecule has 0 bridgehead atoms. The van der Waals surface area contributed by atoms with E-state index >= 15 is 0 Å². The summed E-state index contributed by atoms with van der Waals surface area (Å²) in [7, 11) is 3.16. The molecule has 2 rings (SSSR count). The zero-order chi connectivity index (χ0) is 14.5. The predicted molar refractivity (Wildman–Crippen MR) is 78.4 cm³/mol. The van der Waals surface area contributed by atoms with Gasteiger partial charge in [0.25, 0.3) is 5.91 Å². The van der Waals surface area contributed by atoms with Crippen LogP contribution in [0.15, 0.2) is 18.2 Å². The molecule has 1 fully saturated rings. The summed E-state index contributed by atoms with van der Waals surface area (Å²) in [4.78, 5) is 12.3. The maximum Gasteiger partial charge on any atom is 0.251 e. The van der Waals surface area contributed by atoms with Gasteiger partial charge in [0.05, 0.1) is 14.2 Å². The molecule has 0 aliphatic heterocycles. The molecule has 0 radical (unpaired) electrons. The maximum atomic E-state index is 12.3. The van der Waals surface area contributed by atoms with Gasteiger partial charge in [0.1, 0.15) is 0 Å². The van der Waals surface area contributed by atoms with Crippen LogP contribution >= 0.6 is 0 Å². The van der Waals surface area contributed by atoms with Crippen molar-refractivity contribution < 1.29 is 14.3 Å². The zero-order valence-corrected chi connectivity index (χ0v) is 12.4. The number of amides is 1. The lowest BCUT2D eigenvalue weighted by molar-refractivity contribution is 0.0910. The largest absolute Gasteiger partial charge is 0.493 e. The van der Waals surface area contributed by atoms with Gasteiger partial charge in [0.15, 0.2) is 11.5 Å². The molecule has 1 aromatic rings. The van der Waals surface area contributed by atoms with Gasteiger partial charge in [0.2, 0.25) is 0 Å². The maximum absolute atomic E-state index is 12.3. The molecule has 4 nitrogen and oxygen atoms in total. The van der Waals surface area contributed by atoms with Crippen molar-refractivity contribution in [1.82, 2.24) is 5.32 Å². The second-order valence-corrected chi connectivity index (χ2v) is 5.41. The molecule has 1 saturated carbocycles. The number of benzene rings is 1. The van der Waals surface area contributed by atoms with Crippen molar-refractivity contribution in [2.24, 2.45) is 5.92 Å². The van der Waals surface area contributed by atoms with Crippen LogP contribution in [0.4, 0.5) is 0 Å². The summed E-state index contributed by atoms with van der Waals surface area (Å²) in [6.07, 6.45) is 4.72. The molecule has 20 heavy (non-hydrogen) atoms. The minimum Gasteiger partial charge on any atom is -0.493 e. The first kappa shape index (κ1) is 14.7. The number of carbonyl (C=O) groups is 1. The van der Waals surface area contributed by atoms with E-state index in [1.54, 1.807) is 32.4 Å². The number of methoxy groups -OCH3 is 2. The molecule has 0 heterocycles. The molecule has 0 unspecified atom stereocenters. The lowest BCUT2D eigenvalue weighted by Crippen LogP contribution is -2.41. The number of hydrogen-bond acceptors (Lipinski definition) is 3. The van der Waals surface area contributed by atoms with Gasteiger partial charge in [-0.2, -0.15) is 0 Å². The molecule has 110 valence electrons. The minimum atomic E-state index is -0.0373. The Hall–Kier alpha value is -1.71. The third kappa shape index (κ3) is 3.24. The van der Waals surface area contributed by atoms with Crippen LogP contribution in [0.3, 0.4) is 0 Å². The molecule has 1 aliphatic rings. The van der Waals surface area contributed by atoms with Crippen LogP contribution in [-0.4, -0.2) is 26.2 Å². The van der Waals surface area contributed by atoms with Gasteiger partial charge in [-0.05, 0) is 37.0 Å². The summed E-state index contributed by atoms with van der Waals surface area (Å²) < 4.78 is 10.4. The van der Waals surface area contributed by atoms with Gasteiger partial charge in [-0.15, -0.1) is 0 Å². The second-order valence-electron chi connectivity index (χ2n) is 5.41. The van der Waals surface area contributed by atoms with Crippen LogP contribution in [0.2, 0.25) is 0 Å². The van der Waals surface area contributed by atoms with Crippen molar-refractivity contribution in [3.05, 3.63) is 23.8 Å². The topological polar surface area (TPSA) is 47.6 Å². The first-order chi connectivity index (χ1) is 9.65. The summed E-state index contributed by atoms with van der Waals surface area (Å²) >= 11 is 0. The van der Waals surface area contributed by atoms with Gasteiger partial charge in [-0.25, -0.2) is 0 Å². The van der Waals surface area contributed by atoms with Crippen molar-refractivity contribution in [3.63, 3.8) is 0 Å². The summed E-state index contributed by atoms with van der Waals surface area (Å²) in [6.45, 7) is 2.21. The Morgan fingerprint density at radius 2 is 1.85 bits per heavy atom. The van der Waals surface area contributed by atoms with Gasteiger partial charge in [-0.3, -0.25) is 4.79 Å². The third-order valence-corrected chi connectivity index (χ3v) is 4.07. The highest BCUT2D eigenvalue weighted by atomic mass is 16.5. The normalized spacial score (nSPS) is 22.1. The van der Waals surface area contributed by atoms with Gasteiger partial charge in [-0.1, -0.05) is 19.8 Å². The zero-order valence-electron chi connectivity index (χ0n) is 12.4. The molecule has 0 aromatic heterocycles. The van der Waals surface area contributed by atoms with Gasteiger partial charge in [0, 0.05) is 11.6 Å². The van der Waals surface area contributed by atoms with E-state index in [9.17, 15) is 4.79 Å². The van der Waals surface area contributed by atoms with Crippen molar-refractivity contribution in [2.75, 3.05) is 14.2 Å². The molecule has 1 aliphatic carbocycles. The molecule has 1 aromatic carbocycles. The quantitative estimate of drug-likeness (QED) is 0.920. The number of hydrogen-bond donors (Lipinski definition) is 1. The number of ether oxygens (including phenoxy) is 2. The number of carbonyl (C=O) groups excluding carboxylic acids is 1. The van der Waals surface area contributed by atoms with E-state index in [0.29, 0.717) is 23.0 Å². The fourth-order valence-electron chi connectivity index (χ4n) is 2.76. The number of rotatable bonds is 4. The summed E-state index contributed by atoms with van der Waals surface area (Å²) in [5, 5.41) is 3.14. The second kappa shape index (κ2) is 6.64.